The molecule has 2 rings (SSSR count). The molecule has 0 radical (unpaired) electrons. The molecule has 6 nitrogen and oxygen atoms in total. The fourth-order valence-electron chi connectivity index (χ4n) is 1.73. The zero-order valence-corrected chi connectivity index (χ0v) is 13.1. The Balaban J connectivity index is 2.48. The summed E-state index contributed by atoms with van der Waals surface area (Å²) >= 11 is 3.19. The van der Waals surface area contributed by atoms with E-state index in [9.17, 15) is 13.2 Å². The minimum absolute atomic E-state index is 0.0784. The Labute approximate surface area is 130 Å². The Hall–Kier alpha value is -2.06. The van der Waals surface area contributed by atoms with E-state index in [4.69, 9.17) is 11.5 Å². The van der Waals surface area contributed by atoms with Crippen molar-refractivity contribution in [3.63, 3.8) is 0 Å². The van der Waals surface area contributed by atoms with Gasteiger partial charge in [-0.1, -0.05) is 28.1 Å². The number of anilines is 2. The molecule has 110 valence electrons. The fraction of sp³-hybridized carbons (Fsp3) is 0. The van der Waals surface area contributed by atoms with E-state index in [0.717, 1.165) is 0 Å². The Morgan fingerprint density at radius 2 is 1.81 bits per heavy atom. The van der Waals surface area contributed by atoms with Crippen LogP contribution in [0.5, 0.6) is 0 Å². The molecule has 21 heavy (non-hydrogen) atoms. The van der Waals surface area contributed by atoms with E-state index >= 15 is 0 Å². The van der Waals surface area contributed by atoms with Crippen LogP contribution in [0, 0.1) is 0 Å². The number of hydrogen-bond acceptors (Lipinski definition) is 4. The maximum atomic E-state index is 12.4. The lowest BCUT2D eigenvalue weighted by Gasteiger charge is -2.12. The summed E-state index contributed by atoms with van der Waals surface area (Å²) in [5.74, 6) is -0.726. The Bertz CT molecular complexity index is 806. The summed E-state index contributed by atoms with van der Waals surface area (Å²) in [6, 6.07) is 10.5. The van der Waals surface area contributed by atoms with Crippen LogP contribution < -0.4 is 16.2 Å². The van der Waals surface area contributed by atoms with Crippen LogP contribution >= 0.6 is 15.9 Å². The number of hydrogen-bond donors (Lipinski definition) is 3. The predicted octanol–water partition coefficient (Wildman–Crippen LogP) is 1.93. The van der Waals surface area contributed by atoms with Gasteiger partial charge in [0.2, 0.25) is 0 Å². The van der Waals surface area contributed by atoms with Gasteiger partial charge in [0, 0.05) is 4.47 Å². The van der Waals surface area contributed by atoms with Crippen LogP contribution in [-0.4, -0.2) is 14.3 Å². The molecule has 0 aliphatic heterocycles. The van der Waals surface area contributed by atoms with Crippen molar-refractivity contribution in [2.24, 2.45) is 5.73 Å². The lowest BCUT2D eigenvalue weighted by atomic mass is 10.2. The second-order valence-electron chi connectivity index (χ2n) is 4.20. The monoisotopic (exact) mass is 369 g/mol. The van der Waals surface area contributed by atoms with Gasteiger partial charge in [0.15, 0.2) is 0 Å². The molecular formula is C13H12BrN3O3S. The molecule has 2 aromatic carbocycles. The molecule has 5 N–H and O–H groups in total. The molecule has 2 aromatic rings. The first-order chi connectivity index (χ1) is 9.81. The number of amides is 1. The molecule has 0 aliphatic carbocycles. The average Bonchev–Trinajstić information content (AvgIpc) is 2.41. The van der Waals surface area contributed by atoms with Gasteiger partial charge < -0.3 is 11.5 Å². The van der Waals surface area contributed by atoms with E-state index < -0.39 is 15.9 Å². The molecule has 8 heteroatoms. The average molecular weight is 370 g/mol. The molecule has 1 amide bonds. The molecule has 0 saturated carbocycles. The number of nitrogen functional groups attached to an aromatic ring is 1. The van der Waals surface area contributed by atoms with E-state index in [-0.39, 0.29) is 21.8 Å². The van der Waals surface area contributed by atoms with Crippen LogP contribution in [0.2, 0.25) is 0 Å². The summed E-state index contributed by atoms with van der Waals surface area (Å²) < 4.78 is 27.7. The van der Waals surface area contributed by atoms with E-state index in [0.29, 0.717) is 4.47 Å². The summed E-state index contributed by atoms with van der Waals surface area (Å²) in [6.07, 6.45) is 0. The van der Waals surface area contributed by atoms with Gasteiger partial charge in [-0.15, -0.1) is 0 Å². The van der Waals surface area contributed by atoms with Gasteiger partial charge in [-0.25, -0.2) is 8.42 Å². The minimum Gasteiger partial charge on any atom is -0.398 e. The number of sulfonamides is 1. The summed E-state index contributed by atoms with van der Waals surface area (Å²) in [6.45, 7) is 0. The van der Waals surface area contributed by atoms with E-state index in [1.165, 1.54) is 24.3 Å². The largest absolute Gasteiger partial charge is 0.398 e. The standard InChI is InChI=1S/C13H12BrN3O3S/c14-8-5-6-10(15)12(7-8)21(19,20)17-11-4-2-1-3-9(11)13(16)18/h1-7,17H,15H2,(H2,16,18). The smallest absolute Gasteiger partial charge is 0.264 e. The highest BCUT2D eigenvalue weighted by atomic mass is 79.9. The number of nitrogens with one attached hydrogen (secondary N) is 1. The third-order valence-corrected chi connectivity index (χ3v) is 4.62. The first-order valence-electron chi connectivity index (χ1n) is 5.78. The van der Waals surface area contributed by atoms with Gasteiger partial charge in [0.1, 0.15) is 4.90 Å². The van der Waals surface area contributed by atoms with Crippen molar-refractivity contribution >= 4 is 43.2 Å². The van der Waals surface area contributed by atoms with Crippen molar-refractivity contribution < 1.29 is 13.2 Å². The first kappa shape index (κ1) is 15.3. The molecule has 0 aliphatic rings. The Morgan fingerprint density at radius 3 is 2.48 bits per heavy atom. The molecule has 0 atom stereocenters. The van der Waals surface area contributed by atoms with Crippen molar-refractivity contribution in [3.05, 3.63) is 52.5 Å². The van der Waals surface area contributed by atoms with Crippen molar-refractivity contribution in [1.82, 2.24) is 0 Å². The van der Waals surface area contributed by atoms with Crippen molar-refractivity contribution in [1.29, 1.82) is 0 Å². The number of para-hydroxylation sites is 1. The van der Waals surface area contributed by atoms with Crippen LogP contribution in [-0.2, 0) is 10.0 Å². The lowest BCUT2D eigenvalue weighted by Crippen LogP contribution is -2.19. The predicted molar refractivity (Wildman–Crippen MR) is 84.3 cm³/mol. The van der Waals surface area contributed by atoms with Crippen molar-refractivity contribution in [2.45, 2.75) is 4.90 Å². The zero-order valence-electron chi connectivity index (χ0n) is 10.7. The molecule has 0 spiro atoms. The van der Waals surface area contributed by atoms with Crippen LogP contribution in [0.4, 0.5) is 11.4 Å². The molecule has 0 saturated heterocycles. The summed E-state index contributed by atoms with van der Waals surface area (Å²) in [4.78, 5) is 11.2. The van der Waals surface area contributed by atoms with Crippen molar-refractivity contribution in [3.8, 4) is 0 Å². The number of benzene rings is 2. The summed E-state index contributed by atoms with van der Waals surface area (Å²) in [7, 11) is -3.94. The third-order valence-electron chi connectivity index (χ3n) is 2.70. The minimum atomic E-state index is -3.94. The van der Waals surface area contributed by atoms with Crippen LogP contribution in [0.15, 0.2) is 51.8 Å². The maximum Gasteiger partial charge on any atom is 0.264 e. The molecule has 0 heterocycles. The SMILES string of the molecule is NC(=O)c1ccccc1NS(=O)(=O)c1cc(Br)ccc1N. The van der Waals surface area contributed by atoms with Crippen LogP contribution in [0.25, 0.3) is 0 Å². The Kier molecular flexibility index (Phi) is 4.19. The van der Waals surface area contributed by atoms with Gasteiger partial charge in [0.25, 0.3) is 15.9 Å². The fourth-order valence-corrected chi connectivity index (χ4v) is 3.48. The molecule has 0 bridgehead atoms. The van der Waals surface area contributed by atoms with Gasteiger partial charge in [-0.2, -0.15) is 0 Å². The van der Waals surface area contributed by atoms with Crippen LogP contribution in [0.1, 0.15) is 10.4 Å². The topological polar surface area (TPSA) is 115 Å². The quantitative estimate of drug-likeness (QED) is 0.713. The maximum absolute atomic E-state index is 12.4. The number of nitrogens with two attached hydrogens (primary N) is 2. The summed E-state index contributed by atoms with van der Waals surface area (Å²) in [5, 5.41) is 0. The number of carbonyl (C=O) groups excluding carboxylic acids is 1. The van der Waals surface area contributed by atoms with Gasteiger partial charge >= 0.3 is 0 Å². The number of primary amides is 1. The Morgan fingerprint density at radius 1 is 1.14 bits per heavy atom. The highest BCUT2D eigenvalue weighted by molar-refractivity contribution is 9.10. The van der Waals surface area contributed by atoms with E-state index in [2.05, 4.69) is 20.7 Å². The second-order valence-corrected chi connectivity index (χ2v) is 6.76. The van der Waals surface area contributed by atoms with Gasteiger partial charge in [0.05, 0.1) is 16.9 Å². The van der Waals surface area contributed by atoms with Crippen LogP contribution in [0.3, 0.4) is 0 Å². The molecule has 0 unspecified atom stereocenters. The highest BCUT2D eigenvalue weighted by Gasteiger charge is 2.20. The van der Waals surface area contributed by atoms with Gasteiger partial charge in [-0.05, 0) is 30.3 Å². The summed E-state index contributed by atoms with van der Waals surface area (Å²) in [5.41, 5.74) is 11.2. The molecule has 0 fully saturated rings. The zero-order chi connectivity index (χ0) is 15.6. The second kappa shape index (κ2) is 5.74. The number of rotatable bonds is 4. The normalized spacial score (nSPS) is 11.1. The third kappa shape index (κ3) is 3.34. The molecular weight excluding hydrogens is 358 g/mol. The van der Waals surface area contributed by atoms with Gasteiger partial charge in [-0.3, -0.25) is 9.52 Å². The van der Waals surface area contributed by atoms with E-state index in [1.54, 1.807) is 18.2 Å². The molecule has 0 aromatic heterocycles. The number of halogens is 1. The lowest BCUT2D eigenvalue weighted by molar-refractivity contribution is 0.100. The number of carbonyl (C=O) groups is 1. The first-order valence-corrected chi connectivity index (χ1v) is 8.05. The van der Waals surface area contributed by atoms with E-state index in [1.807, 2.05) is 0 Å². The van der Waals surface area contributed by atoms with Crippen molar-refractivity contribution in [2.75, 3.05) is 10.5 Å². The highest BCUT2D eigenvalue weighted by Crippen LogP contribution is 2.26.